The minimum Gasteiger partial charge on any atom is -0.481 e. The van der Waals surface area contributed by atoms with Crippen molar-refractivity contribution in [1.82, 2.24) is 9.88 Å². The highest BCUT2D eigenvalue weighted by molar-refractivity contribution is 6.32. The number of aromatic nitrogens is 1. The Balaban J connectivity index is 1.66. The largest absolute Gasteiger partial charge is 0.481 e. The fourth-order valence-electron chi connectivity index (χ4n) is 2.68. The van der Waals surface area contributed by atoms with E-state index in [2.05, 4.69) is 4.98 Å². The van der Waals surface area contributed by atoms with Crippen LogP contribution in [0, 0.1) is 11.8 Å². The summed E-state index contributed by atoms with van der Waals surface area (Å²) >= 11 is 6.14. The Hall–Kier alpha value is -1.82. The number of carbonyl (C=O) groups excluding carboxylic acids is 1. The SMILES string of the molecule is O=C(O)C1CCCN(C(=O)c2cnc(OCC3CC3)c(Cl)c2)C1. The van der Waals surface area contributed by atoms with Crippen molar-refractivity contribution >= 4 is 23.5 Å². The predicted octanol–water partition coefficient (Wildman–Crippen LogP) is 2.46. The summed E-state index contributed by atoms with van der Waals surface area (Å²) in [6, 6.07) is 1.55. The minimum absolute atomic E-state index is 0.228. The average Bonchev–Trinajstić information content (AvgIpc) is 3.37. The molecule has 1 saturated heterocycles. The summed E-state index contributed by atoms with van der Waals surface area (Å²) in [7, 11) is 0. The molecule has 0 aromatic carbocycles. The zero-order chi connectivity index (χ0) is 16.4. The highest BCUT2D eigenvalue weighted by atomic mass is 35.5. The van der Waals surface area contributed by atoms with Gasteiger partial charge in [0.2, 0.25) is 5.88 Å². The van der Waals surface area contributed by atoms with Gasteiger partial charge in [-0.05, 0) is 37.7 Å². The molecule has 0 radical (unpaired) electrons. The van der Waals surface area contributed by atoms with Crippen LogP contribution in [-0.2, 0) is 4.79 Å². The molecule has 1 aliphatic heterocycles. The lowest BCUT2D eigenvalue weighted by Gasteiger charge is -2.30. The maximum Gasteiger partial charge on any atom is 0.308 e. The number of likely N-dealkylation sites (tertiary alicyclic amines) is 1. The maximum absolute atomic E-state index is 12.5. The van der Waals surface area contributed by atoms with E-state index in [0.717, 1.165) is 0 Å². The molecule has 0 bridgehead atoms. The fraction of sp³-hybridized carbons (Fsp3) is 0.562. The summed E-state index contributed by atoms with van der Waals surface area (Å²) < 4.78 is 5.54. The summed E-state index contributed by atoms with van der Waals surface area (Å²) in [6.07, 6.45) is 5.08. The topological polar surface area (TPSA) is 79.7 Å². The molecule has 6 nitrogen and oxygen atoms in total. The molecule has 1 aromatic heterocycles. The van der Waals surface area contributed by atoms with Gasteiger partial charge in [-0.3, -0.25) is 9.59 Å². The van der Waals surface area contributed by atoms with Gasteiger partial charge in [-0.15, -0.1) is 0 Å². The zero-order valence-corrected chi connectivity index (χ0v) is 13.5. The van der Waals surface area contributed by atoms with E-state index in [0.29, 0.717) is 48.4 Å². The van der Waals surface area contributed by atoms with E-state index in [4.69, 9.17) is 21.4 Å². The Morgan fingerprint density at radius 3 is 2.83 bits per heavy atom. The molecule has 23 heavy (non-hydrogen) atoms. The molecule has 1 N–H and O–H groups in total. The summed E-state index contributed by atoms with van der Waals surface area (Å²) in [4.78, 5) is 29.3. The Bertz CT molecular complexity index is 618. The Labute approximate surface area is 139 Å². The molecule has 2 fully saturated rings. The monoisotopic (exact) mass is 338 g/mol. The second kappa shape index (κ2) is 6.74. The number of pyridine rings is 1. The Morgan fingerprint density at radius 2 is 2.17 bits per heavy atom. The van der Waals surface area contributed by atoms with Crippen molar-refractivity contribution in [3.05, 3.63) is 22.8 Å². The summed E-state index contributed by atoms with van der Waals surface area (Å²) in [5.41, 5.74) is 0.361. The average molecular weight is 339 g/mol. The van der Waals surface area contributed by atoms with Crippen molar-refractivity contribution in [3.63, 3.8) is 0 Å². The number of carbonyl (C=O) groups is 2. The Morgan fingerprint density at radius 1 is 1.39 bits per heavy atom. The zero-order valence-electron chi connectivity index (χ0n) is 12.7. The van der Waals surface area contributed by atoms with Gasteiger partial charge in [0.15, 0.2) is 0 Å². The van der Waals surface area contributed by atoms with Crippen LogP contribution in [-0.4, -0.2) is 46.6 Å². The van der Waals surface area contributed by atoms with Crippen molar-refractivity contribution in [1.29, 1.82) is 0 Å². The molecule has 1 unspecified atom stereocenters. The number of amides is 1. The van der Waals surface area contributed by atoms with Crippen LogP contribution in [0.2, 0.25) is 5.02 Å². The fourth-order valence-corrected chi connectivity index (χ4v) is 2.90. The van der Waals surface area contributed by atoms with Crippen molar-refractivity contribution in [2.75, 3.05) is 19.7 Å². The number of ether oxygens (including phenoxy) is 1. The number of piperidine rings is 1. The van der Waals surface area contributed by atoms with Gasteiger partial charge in [0.1, 0.15) is 5.02 Å². The summed E-state index contributed by atoms with van der Waals surface area (Å²) in [5, 5.41) is 9.42. The van der Waals surface area contributed by atoms with Crippen molar-refractivity contribution in [2.24, 2.45) is 11.8 Å². The van der Waals surface area contributed by atoms with Crippen LogP contribution in [0.5, 0.6) is 5.88 Å². The van der Waals surface area contributed by atoms with Crippen LogP contribution in [0.3, 0.4) is 0 Å². The third-order valence-electron chi connectivity index (χ3n) is 4.26. The first kappa shape index (κ1) is 16.1. The van der Waals surface area contributed by atoms with Gasteiger partial charge in [0, 0.05) is 19.3 Å². The highest BCUT2D eigenvalue weighted by Gasteiger charge is 2.29. The van der Waals surface area contributed by atoms with Crippen LogP contribution in [0.25, 0.3) is 0 Å². The van der Waals surface area contributed by atoms with Crippen LogP contribution >= 0.6 is 11.6 Å². The lowest BCUT2D eigenvalue weighted by atomic mass is 9.98. The number of carboxylic acid groups (broad SMARTS) is 1. The molecule has 1 amide bonds. The molecule has 1 atom stereocenters. The van der Waals surface area contributed by atoms with E-state index in [1.807, 2.05) is 0 Å². The first-order valence-electron chi connectivity index (χ1n) is 7.85. The molecule has 2 aliphatic rings. The normalized spacial score (nSPS) is 21.1. The molecule has 3 rings (SSSR count). The van der Waals surface area contributed by atoms with Crippen LogP contribution in [0.4, 0.5) is 0 Å². The number of hydrogen-bond acceptors (Lipinski definition) is 4. The third kappa shape index (κ3) is 3.93. The molecule has 124 valence electrons. The van der Waals surface area contributed by atoms with Crippen molar-refractivity contribution < 1.29 is 19.4 Å². The summed E-state index contributed by atoms with van der Waals surface area (Å²) in [5.74, 6) is -0.661. The predicted molar refractivity (Wildman–Crippen MR) is 83.7 cm³/mol. The number of aliphatic carboxylic acids is 1. The van der Waals surface area contributed by atoms with Crippen LogP contribution in [0.1, 0.15) is 36.0 Å². The van der Waals surface area contributed by atoms with Gasteiger partial charge in [0.25, 0.3) is 5.91 Å². The molecule has 7 heteroatoms. The van der Waals surface area contributed by atoms with Crippen LogP contribution in [0.15, 0.2) is 12.3 Å². The minimum atomic E-state index is -0.859. The van der Waals surface area contributed by atoms with Crippen LogP contribution < -0.4 is 4.74 Å². The molecule has 2 heterocycles. The lowest BCUT2D eigenvalue weighted by molar-refractivity contribution is -0.143. The van der Waals surface area contributed by atoms with Gasteiger partial charge in [-0.2, -0.15) is 0 Å². The van der Waals surface area contributed by atoms with E-state index in [1.54, 1.807) is 11.0 Å². The second-order valence-electron chi connectivity index (χ2n) is 6.19. The molecule has 1 saturated carbocycles. The molecule has 1 aromatic rings. The van der Waals surface area contributed by atoms with Gasteiger partial charge < -0.3 is 14.7 Å². The van der Waals surface area contributed by atoms with Crippen molar-refractivity contribution in [3.8, 4) is 5.88 Å². The van der Waals surface area contributed by atoms with E-state index < -0.39 is 11.9 Å². The number of halogens is 1. The molecule has 0 spiro atoms. The summed E-state index contributed by atoms with van der Waals surface area (Å²) in [6.45, 7) is 1.39. The van der Waals surface area contributed by atoms with E-state index in [1.165, 1.54) is 19.0 Å². The third-order valence-corrected chi connectivity index (χ3v) is 4.54. The number of hydrogen-bond donors (Lipinski definition) is 1. The number of carboxylic acids is 1. The Kier molecular flexibility index (Phi) is 4.71. The van der Waals surface area contributed by atoms with Crippen molar-refractivity contribution in [2.45, 2.75) is 25.7 Å². The lowest BCUT2D eigenvalue weighted by Crippen LogP contribution is -2.42. The van der Waals surface area contributed by atoms with E-state index in [9.17, 15) is 9.59 Å². The van der Waals surface area contributed by atoms with E-state index >= 15 is 0 Å². The van der Waals surface area contributed by atoms with Gasteiger partial charge in [0.05, 0.1) is 18.1 Å². The molecule has 1 aliphatic carbocycles. The van der Waals surface area contributed by atoms with Gasteiger partial charge >= 0.3 is 5.97 Å². The van der Waals surface area contributed by atoms with Gasteiger partial charge in [-0.1, -0.05) is 11.6 Å². The molecular formula is C16H19ClN2O4. The van der Waals surface area contributed by atoms with E-state index in [-0.39, 0.29) is 12.5 Å². The first-order chi connectivity index (χ1) is 11.0. The molecular weight excluding hydrogens is 320 g/mol. The standard InChI is InChI=1S/C16H19ClN2O4/c17-13-6-12(7-18-14(13)23-9-10-3-4-10)15(20)19-5-1-2-11(8-19)16(21)22/h6-7,10-11H,1-5,8-9H2,(H,21,22). The second-order valence-corrected chi connectivity index (χ2v) is 6.60. The first-order valence-corrected chi connectivity index (χ1v) is 8.23. The smallest absolute Gasteiger partial charge is 0.308 e. The quantitative estimate of drug-likeness (QED) is 0.892. The highest BCUT2D eigenvalue weighted by Crippen LogP contribution is 2.31. The number of nitrogens with zero attached hydrogens (tertiary/aromatic N) is 2. The number of rotatable bonds is 5. The maximum atomic E-state index is 12.5. The van der Waals surface area contributed by atoms with Gasteiger partial charge in [-0.25, -0.2) is 4.98 Å².